The molecule has 0 atom stereocenters. The first-order valence-electron chi connectivity index (χ1n) is 6.09. The van der Waals surface area contributed by atoms with Crippen LogP contribution in [-0.4, -0.2) is 11.6 Å². The molecule has 0 radical (unpaired) electrons. The van der Waals surface area contributed by atoms with Crippen molar-refractivity contribution in [1.82, 2.24) is 4.98 Å². The van der Waals surface area contributed by atoms with Crippen LogP contribution in [0.2, 0.25) is 5.02 Å². The van der Waals surface area contributed by atoms with E-state index in [1.165, 1.54) is 25.7 Å². The number of rotatable bonds is 3. The highest BCUT2D eigenvalue weighted by molar-refractivity contribution is 9.10. The summed E-state index contributed by atoms with van der Waals surface area (Å²) in [5, 5.41) is 0.573. The molecule has 0 amide bonds. The normalized spacial score (nSPS) is 24.6. The fourth-order valence-corrected chi connectivity index (χ4v) is 2.88. The summed E-state index contributed by atoms with van der Waals surface area (Å²) < 4.78 is 6.58. The monoisotopic (exact) mass is 317 g/mol. The number of halogens is 2. The van der Waals surface area contributed by atoms with Gasteiger partial charge in [0.25, 0.3) is 0 Å². The topological polar surface area (TPSA) is 22.1 Å². The zero-order chi connectivity index (χ0) is 12.3. The molecule has 1 aliphatic rings. The van der Waals surface area contributed by atoms with E-state index in [0.717, 1.165) is 17.0 Å². The number of nitrogens with zero attached hydrogens (tertiary/aromatic N) is 1. The first kappa shape index (κ1) is 13.2. The lowest BCUT2D eigenvalue weighted by Crippen LogP contribution is -2.19. The summed E-state index contributed by atoms with van der Waals surface area (Å²) in [7, 11) is 0. The lowest BCUT2D eigenvalue weighted by molar-refractivity contribution is 0.183. The standard InChI is InChI=1S/C13H17BrClNO/c1-9-2-4-10(5-3-9)8-17-13-12(15)6-11(14)7-16-13/h6-7,9-10H,2-5,8H2,1H3. The first-order chi connectivity index (χ1) is 8.15. The minimum atomic E-state index is 0.550. The molecule has 2 rings (SSSR count). The van der Waals surface area contributed by atoms with Gasteiger partial charge in [0.05, 0.1) is 6.61 Å². The molecular formula is C13H17BrClNO. The van der Waals surface area contributed by atoms with E-state index < -0.39 is 0 Å². The number of aromatic nitrogens is 1. The van der Waals surface area contributed by atoms with Gasteiger partial charge >= 0.3 is 0 Å². The van der Waals surface area contributed by atoms with Crippen LogP contribution in [0.1, 0.15) is 32.6 Å². The third-order valence-electron chi connectivity index (χ3n) is 3.37. The summed E-state index contributed by atoms with van der Waals surface area (Å²) in [5.74, 6) is 2.09. The third-order valence-corrected chi connectivity index (χ3v) is 4.07. The van der Waals surface area contributed by atoms with Crippen LogP contribution >= 0.6 is 27.5 Å². The second-order valence-corrected chi connectivity index (χ2v) is 6.20. The Hall–Kier alpha value is -0.280. The Kier molecular flexibility index (Phi) is 4.69. The zero-order valence-corrected chi connectivity index (χ0v) is 12.3. The van der Waals surface area contributed by atoms with Gasteiger partial charge in [-0.15, -0.1) is 0 Å². The van der Waals surface area contributed by atoms with Crippen molar-refractivity contribution in [2.24, 2.45) is 11.8 Å². The van der Waals surface area contributed by atoms with E-state index in [-0.39, 0.29) is 0 Å². The molecule has 0 bridgehead atoms. The van der Waals surface area contributed by atoms with Crippen LogP contribution < -0.4 is 4.74 Å². The van der Waals surface area contributed by atoms with Crippen molar-refractivity contribution in [3.8, 4) is 5.88 Å². The predicted molar refractivity (Wildman–Crippen MR) is 73.6 cm³/mol. The number of pyridine rings is 1. The Morgan fingerprint density at radius 2 is 2.12 bits per heavy atom. The lowest BCUT2D eigenvalue weighted by atomic mass is 9.83. The fraction of sp³-hybridized carbons (Fsp3) is 0.615. The minimum Gasteiger partial charge on any atom is -0.476 e. The highest BCUT2D eigenvalue weighted by Gasteiger charge is 2.19. The Bertz CT molecular complexity index is 378. The fourth-order valence-electron chi connectivity index (χ4n) is 2.20. The molecule has 0 aromatic carbocycles. The molecule has 4 heteroatoms. The Morgan fingerprint density at radius 3 is 2.76 bits per heavy atom. The van der Waals surface area contributed by atoms with Crippen molar-refractivity contribution in [3.05, 3.63) is 21.8 Å². The number of hydrogen-bond acceptors (Lipinski definition) is 2. The van der Waals surface area contributed by atoms with Crippen LogP contribution in [0.25, 0.3) is 0 Å². The summed E-state index contributed by atoms with van der Waals surface area (Å²) in [6, 6.07) is 1.81. The molecule has 1 heterocycles. The largest absolute Gasteiger partial charge is 0.476 e. The van der Waals surface area contributed by atoms with E-state index in [1.807, 2.05) is 6.07 Å². The molecular weight excluding hydrogens is 302 g/mol. The van der Waals surface area contributed by atoms with Crippen molar-refractivity contribution in [1.29, 1.82) is 0 Å². The smallest absolute Gasteiger partial charge is 0.232 e. The molecule has 0 saturated heterocycles. The SMILES string of the molecule is CC1CCC(COc2ncc(Br)cc2Cl)CC1. The molecule has 1 aliphatic carbocycles. The lowest BCUT2D eigenvalue weighted by Gasteiger charge is -2.25. The Labute approximate surface area is 116 Å². The van der Waals surface area contributed by atoms with Crippen molar-refractivity contribution in [3.63, 3.8) is 0 Å². The summed E-state index contributed by atoms with van der Waals surface area (Å²) in [6.45, 7) is 3.06. The van der Waals surface area contributed by atoms with Crippen LogP contribution in [0.3, 0.4) is 0 Å². The van der Waals surface area contributed by atoms with Crippen molar-refractivity contribution in [2.75, 3.05) is 6.61 Å². The first-order valence-corrected chi connectivity index (χ1v) is 7.26. The molecule has 17 heavy (non-hydrogen) atoms. The van der Waals surface area contributed by atoms with Gasteiger partial charge in [0.1, 0.15) is 5.02 Å². The summed E-state index contributed by atoms with van der Waals surface area (Å²) >= 11 is 9.38. The molecule has 0 aliphatic heterocycles. The van der Waals surface area contributed by atoms with E-state index in [4.69, 9.17) is 16.3 Å². The average molecular weight is 319 g/mol. The summed E-state index contributed by atoms with van der Waals surface area (Å²) in [6.07, 6.45) is 6.86. The van der Waals surface area contributed by atoms with Crippen LogP contribution in [0.15, 0.2) is 16.7 Å². The van der Waals surface area contributed by atoms with Gasteiger partial charge in [-0.3, -0.25) is 0 Å². The van der Waals surface area contributed by atoms with Gasteiger partial charge < -0.3 is 4.74 Å². The second kappa shape index (κ2) is 6.05. The maximum Gasteiger partial charge on any atom is 0.232 e. The van der Waals surface area contributed by atoms with Crippen molar-refractivity contribution in [2.45, 2.75) is 32.6 Å². The van der Waals surface area contributed by atoms with E-state index in [0.29, 0.717) is 16.8 Å². The molecule has 0 spiro atoms. The van der Waals surface area contributed by atoms with Gasteiger partial charge in [-0.2, -0.15) is 0 Å². The van der Waals surface area contributed by atoms with Crippen molar-refractivity contribution < 1.29 is 4.74 Å². The van der Waals surface area contributed by atoms with Crippen LogP contribution in [0.4, 0.5) is 0 Å². The van der Waals surface area contributed by atoms with E-state index in [9.17, 15) is 0 Å². The number of hydrogen-bond donors (Lipinski definition) is 0. The highest BCUT2D eigenvalue weighted by atomic mass is 79.9. The third kappa shape index (κ3) is 3.85. The van der Waals surface area contributed by atoms with Crippen LogP contribution in [0.5, 0.6) is 5.88 Å². The zero-order valence-electron chi connectivity index (χ0n) is 9.96. The van der Waals surface area contributed by atoms with Crippen LogP contribution in [0, 0.1) is 11.8 Å². The quantitative estimate of drug-likeness (QED) is 0.805. The second-order valence-electron chi connectivity index (χ2n) is 4.88. The van der Waals surface area contributed by atoms with Crippen LogP contribution in [-0.2, 0) is 0 Å². The van der Waals surface area contributed by atoms with Gasteiger partial charge in [0.15, 0.2) is 0 Å². The van der Waals surface area contributed by atoms with E-state index in [2.05, 4.69) is 27.8 Å². The summed E-state index contributed by atoms with van der Waals surface area (Å²) in [5.41, 5.74) is 0. The van der Waals surface area contributed by atoms with Gasteiger partial charge in [-0.1, -0.05) is 31.4 Å². The summed E-state index contributed by atoms with van der Waals surface area (Å²) in [4.78, 5) is 4.18. The molecule has 2 nitrogen and oxygen atoms in total. The maximum absolute atomic E-state index is 6.05. The molecule has 1 fully saturated rings. The minimum absolute atomic E-state index is 0.550. The van der Waals surface area contributed by atoms with Gasteiger partial charge in [0, 0.05) is 10.7 Å². The maximum atomic E-state index is 6.05. The molecule has 1 aromatic heterocycles. The van der Waals surface area contributed by atoms with E-state index in [1.54, 1.807) is 6.20 Å². The highest BCUT2D eigenvalue weighted by Crippen LogP contribution is 2.30. The molecule has 1 aromatic rings. The molecule has 0 N–H and O–H groups in total. The van der Waals surface area contributed by atoms with Crippen molar-refractivity contribution >= 4 is 27.5 Å². The van der Waals surface area contributed by atoms with Gasteiger partial charge in [-0.05, 0) is 46.7 Å². The Balaban J connectivity index is 1.85. The molecule has 0 unspecified atom stereocenters. The van der Waals surface area contributed by atoms with Gasteiger partial charge in [0.2, 0.25) is 5.88 Å². The predicted octanol–water partition coefficient (Wildman–Crippen LogP) is 4.70. The number of ether oxygens (including phenoxy) is 1. The Morgan fingerprint density at radius 1 is 1.41 bits per heavy atom. The molecule has 1 saturated carbocycles. The van der Waals surface area contributed by atoms with E-state index >= 15 is 0 Å². The average Bonchev–Trinajstić information content (AvgIpc) is 2.30. The molecule has 94 valence electrons. The van der Waals surface area contributed by atoms with Gasteiger partial charge in [-0.25, -0.2) is 4.98 Å².